The van der Waals surface area contributed by atoms with Gasteiger partial charge >= 0.3 is 0 Å². The van der Waals surface area contributed by atoms with Gasteiger partial charge in [0.15, 0.2) is 5.78 Å². The largest absolute Gasteiger partial charge is 0.385 e. The second kappa shape index (κ2) is 9.82. The fraction of sp³-hybridized carbons (Fsp3) is 0.348. The molecule has 28 heavy (non-hydrogen) atoms. The first kappa shape index (κ1) is 20.5. The Labute approximate surface area is 170 Å². The molecule has 2 atom stereocenters. The lowest BCUT2D eigenvalue weighted by Crippen LogP contribution is -3.10. The maximum atomic E-state index is 12.3. The number of likely N-dealkylation sites (N-methyl/N-ethyl adjacent to an activating group) is 1. The second-order valence-corrected chi connectivity index (χ2v) is 8.30. The molecule has 3 aromatic rings. The van der Waals surface area contributed by atoms with Gasteiger partial charge in [0.25, 0.3) is 0 Å². The number of ketones is 1. The monoisotopic (exact) mass is 397 g/mol. The number of carbonyl (C=O) groups excluding carboxylic acids is 1. The molecule has 148 valence electrons. The summed E-state index contributed by atoms with van der Waals surface area (Å²) in [7, 11) is 2.14. The highest BCUT2D eigenvalue weighted by Gasteiger charge is 2.14. The van der Waals surface area contributed by atoms with Crippen LogP contribution in [0.15, 0.2) is 54.1 Å². The van der Waals surface area contributed by atoms with Crippen LogP contribution >= 0.6 is 11.3 Å². The number of unbranched alkanes of at least 4 members (excludes halogenated alkanes) is 1. The van der Waals surface area contributed by atoms with Crippen LogP contribution in [0.3, 0.4) is 0 Å². The average molecular weight is 398 g/mol. The summed E-state index contributed by atoms with van der Waals surface area (Å²) < 4.78 is 2.10. The molecule has 0 aliphatic rings. The van der Waals surface area contributed by atoms with E-state index in [0.717, 1.165) is 34.4 Å². The highest BCUT2D eigenvalue weighted by Crippen LogP contribution is 2.23. The standard InChI is InChI=1S/C23H28N2O2S/c1-3-4-13-24(2)16-19(26)17-25-15-18(20-8-5-6-9-21(20)25)11-12-22(27)23-10-7-14-28-23/h5-12,14-15,19,26H,3-4,13,16-17H2,1-2H3/p+1/b12-11+/t19-/m0/s1. The minimum atomic E-state index is -0.405. The molecule has 0 spiro atoms. The van der Waals surface area contributed by atoms with Crippen molar-refractivity contribution >= 4 is 34.1 Å². The molecule has 0 radical (unpaired) electrons. The highest BCUT2D eigenvalue weighted by atomic mass is 32.1. The number of thiophene rings is 1. The Kier molecular flexibility index (Phi) is 7.20. The zero-order chi connectivity index (χ0) is 19.9. The Hall–Kier alpha value is -2.21. The van der Waals surface area contributed by atoms with E-state index in [1.807, 2.05) is 41.9 Å². The van der Waals surface area contributed by atoms with Crippen LogP contribution in [0.4, 0.5) is 0 Å². The summed E-state index contributed by atoms with van der Waals surface area (Å²) in [5.41, 5.74) is 2.08. The Morgan fingerprint density at radius 3 is 2.86 bits per heavy atom. The molecular weight excluding hydrogens is 368 g/mol. The van der Waals surface area contributed by atoms with E-state index in [0.29, 0.717) is 6.54 Å². The van der Waals surface area contributed by atoms with Gasteiger partial charge in [-0.2, -0.15) is 0 Å². The summed E-state index contributed by atoms with van der Waals surface area (Å²) in [4.78, 5) is 14.4. The first-order chi connectivity index (χ1) is 13.6. The molecule has 1 unspecified atom stereocenters. The molecule has 2 aromatic heterocycles. The van der Waals surface area contributed by atoms with Crippen molar-refractivity contribution in [1.29, 1.82) is 0 Å². The van der Waals surface area contributed by atoms with Crippen molar-refractivity contribution in [1.82, 2.24) is 4.57 Å². The van der Waals surface area contributed by atoms with E-state index in [-0.39, 0.29) is 5.78 Å². The summed E-state index contributed by atoms with van der Waals surface area (Å²) in [6.07, 6.45) is 7.50. The number of rotatable bonds is 10. The van der Waals surface area contributed by atoms with Gasteiger partial charge in [0.05, 0.1) is 25.0 Å². The van der Waals surface area contributed by atoms with Crippen LogP contribution in [-0.4, -0.2) is 41.7 Å². The van der Waals surface area contributed by atoms with Gasteiger partial charge in [-0.15, -0.1) is 11.3 Å². The summed E-state index contributed by atoms with van der Waals surface area (Å²) in [6.45, 7) is 4.55. The molecule has 0 aliphatic carbocycles. The van der Waals surface area contributed by atoms with E-state index in [2.05, 4.69) is 30.7 Å². The Bertz CT molecular complexity index is 927. The van der Waals surface area contributed by atoms with Crippen molar-refractivity contribution in [2.75, 3.05) is 20.1 Å². The molecule has 1 aromatic carbocycles. The smallest absolute Gasteiger partial charge is 0.195 e. The van der Waals surface area contributed by atoms with Crippen molar-refractivity contribution in [2.45, 2.75) is 32.4 Å². The summed E-state index contributed by atoms with van der Waals surface area (Å²) in [5, 5.41) is 13.6. The molecule has 4 nitrogen and oxygen atoms in total. The van der Waals surface area contributed by atoms with Crippen LogP contribution in [0, 0.1) is 0 Å². The number of nitrogens with one attached hydrogen (secondary N) is 1. The second-order valence-electron chi connectivity index (χ2n) is 7.35. The van der Waals surface area contributed by atoms with Crippen LogP contribution < -0.4 is 4.90 Å². The lowest BCUT2D eigenvalue weighted by Gasteiger charge is -2.18. The topological polar surface area (TPSA) is 46.7 Å². The number of nitrogens with zero attached hydrogens (tertiary/aromatic N) is 1. The molecule has 0 aliphatic heterocycles. The highest BCUT2D eigenvalue weighted by molar-refractivity contribution is 7.12. The number of benzene rings is 1. The first-order valence-corrected chi connectivity index (χ1v) is 10.8. The first-order valence-electron chi connectivity index (χ1n) is 9.91. The van der Waals surface area contributed by atoms with E-state index in [1.165, 1.54) is 29.1 Å². The zero-order valence-corrected chi connectivity index (χ0v) is 17.4. The van der Waals surface area contributed by atoms with E-state index < -0.39 is 6.10 Å². The lowest BCUT2D eigenvalue weighted by atomic mass is 10.1. The third-order valence-corrected chi connectivity index (χ3v) is 5.83. The van der Waals surface area contributed by atoms with Gasteiger partial charge in [0.1, 0.15) is 12.6 Å². The van der Waals surface area contributed by atoms with Gasteiger partial charge in [-0.25, -0.2) is 0 Å². The Morgan fingerprint density at radius 2 is 2.11 bits per heavy atom. The van der Waals surface area contributed by atoms with Gasteiger partial charge < -0.3 is 14.6 Å². The molecule has 0 bridgehead atoms. The van der Waals surface area contributed by atoms with E-state index >= 15 is 0 Å². The third kappa shape index (κ3) is 5.19. The van der Waals surface area contributed by atoms with Crippen molar-refractivity contribution < 1.29 is 14.8 Å². The Morgan fingerprint density at radius 1 is 1.29 bits per heavy atom. The fourth-order valence-corrected chi connectivity index (χ4v) is 4.14. The molecule has 0 fully saturated rings. The molecule has 0 saturated heterocycles. The van der Waals surface area contributed by atoms with Gasteiger partial charge in [-0.3, -0.25) is 4.79 Å². The van der Waals surface area contributed by atoms with Crippen LogP contribution in [0.5, 0.6) is 0 Å². The summed E-state index contributed by atoms with van der Waals surface area (Å²) >= 11 is 1.45. The van der Waals surface area contributed by atoms with Crippen molar-refractivity contribution in [3.05, 3.63) is 64.5 Å². The van der Waals surface area contributed by atoms with Crippen LogP contribution in [0.2, 0.25) is 0 Å². The normalized spacial score (nSPS) is 14.0. The molecule has 2 heterocycles. The van der Waals surface area contributed by atoms with Gasteiger partial charge in [0, 0.05) is 22.7 Å². The number of carbonyl (C=O) groups is 1. The molecule has 3 rings (SSSR count). The molecule has 2 N–H and O–H groups in total. The number of fused-ring (bicyclic) bond motifs is 1. The molecule has 0 saturated carbocycles. The quantitative estimate of drug-likeness (QED) is 0.407. The minimum Gasteiger partial charge on any atom is -0.385 e. The number of allylic oxidation sites excluding steroid dienone is 1. The van der Waals surface area contributed by atoms with E-state index in [9.17, 15) is 9.90 Å². The fourth-order valence-electron chi connectivity index (χ4n) is 3.50. The third-order valence-electron chi connectivity index (χ3n) is 4.95. The van der Waals surface area contributed by atoms with E-state index in [4.69, 9.17) is 0 Å². The number of aliphatic hydroxyl groups is 1. The Balaban J connectivity index is 1.76. The SMILES string of the molecule is CCCC[NH+](C)C[C@H](O)Cn1cc(/C=C/C(=O)c2cccs2)c2ccccc21. The maximum absolute atomic E-state index is 12.3. The lowest BCUT2D eigenvalue weighted by molar-refractivity contribution is -0.883. The molecular formula is C23H29N2O2S+. The average Bonchev–Trinajstić information content (AvgIpc) is 3.33. The van der Waals surface area contributed by atoms with Crippen molar-refractivity contribution in [3.63, 3.8) is 0 Å². The number of hydrogen-bond acceptors (Lipinski definition) is 3. The van der Waals surface area contributed by atoms with Crippen molar-refractivity contribution in [3.8, 4) is 0 Å². The van der Waals surface area contributed by atoms with E-state index in [1.54, 1.807) is 6.08 Å². The minimum absolute atomic E-state index is 0.0213. The maximum Gasteiger partial charge on any atom is 0.195 e. The number of aliphatic hydroxyl groups excluding tert-OH is 1. The number of hydrogen-bond donors (Lipinski definition) is 2. The van der Waals surface area contributed by atoms with Gasteiger partial charge in [-0.05, 0) is 36.1 Å². The molecule has 0 amide bonds. The number of aromatic nitrogens is 1. The zero-order valence-electron chi connectivity index (χ0n) is 16.6. The van der Waals surface area contributed by atoms with Crippen LogP contribution in [0.25, 0.3) is 17.0 Å². The van der Waals surface area contributed by atoms with Gasteiger partial charge in [-0.1, -0.05) is 37.6 Å². The van der Waals surface area contributed by atoms with Crippen LogP contribution in [-0.2, 0) is 6.54 Å². The summed E-state index contributed by atoms with van der Waals surface area (Å²) in [6, 6.07) is 11.9. The van der Waals surface area contributed by atoms with Crippen LogP contribution in [0.1, 0.15) is 35.0 Å². The number of quaternary nitrogens is 1. The predicted molar refractivity (Wildman–Crippen MR) is 117 cm³/mol. The van der Waals surface area contributed by atoms with Crippen molar-refractivity contribution in [2.24, 2.45) is 0 Å². The predicted octanol–water partition coefficient (Wildman–Crippen LogP) is 3.27. The summed E-state index contributed by atoms with van der Waals surface area (Å²) in [5.74, 6) is 0.0213. The number of para-hydroxylation sites is 1. The van der Waals surface area contributed by atoms with Gasteiger partial charge in [0.2, 0.25) is 0 Å². The molecule has 5 heteroatoms.